The molecule has 1 fully saturated rings. The number of hydrogen-bond donors (Lipinski definition) is 2. The normalized spacial score (nSPS) is 21.1. The summed E-state index contributed by atoms with van der Waals surface area (Å²) < 4.78 is 12.3. The number of aryl methyl sites for hydroxylation is 1. The van der Waals surface area contributed by atoms with E-state index >= 15 is 0 Å². The second-order valence-corrected chi connectivity index (χ2v) is 12.7. The van der Waals surface area contributed by atoms with Crippen LogP contribution in [-0.2, 0) is 20.7 Å². The molecule has 44 heavy (non-hydrogen) atoms. The van der Waals surface area contributed by atoms with Crippen molar-refractivity contribution in [2.45, 2.75) is 71.0 Å². The van der Waals surface area contributed by atoms with Crippen molar-refractivity contribution >= 4 is 29.2 Å². The van der Waals surface area contributed by atoms with Crippen molar-refractivity contribution in [3.05, 3.63) is 70.3 Å². The van der Waals surface area contributed by atoms with Gasteiger partial charge in [0.25, 0.3) is 0 Å². The van der Waals surface area contributed by atoms with Crippen LogP contribution in [0.15, 0.2) is 48.6 Å². The summed E-state index contributed by atoms with van der Waals surface area (Å²) >= 11 is 6.40. The first-order valence-corrected chi connectivity index (χ1v) is 16.1. The second kappa shape index (κ2) is 15.8. The average Bonchev–Trinajstić information content (AvgIpc) is 3.15. The van der Waals surface area contributed by atoms with E-state index < -0.39 is 12.1 Å². The Kier molecular flexibility index (Phi) is 12.1. The Labute approximate surface area is 266 Å². The van der Waals surface area contributed by atoms with E-state index in [1.807, 2.05) is 36.4 Å². The molecule has 2 aromatic rings. The van der Waals surface area contributed by atoms with Crippen LogP contribution < -0.4 is 9.64 Å². The molecule has 1 aliphatic heterocycles. The Hall–Kier alpha value is -3.07. The van der Waals surface area contributed by atoms with Crippen molar-refractivity contribution in [2.75, 3.05) is 44.8 Å². The van der Waals surface area contributed by atoms with Gasteiger partial charge in [0.1, 0.15) is 12.4 Å². The molecule has 1 aliphatic carbocycles. The summed E-state index contributed by atoms with van der Waals surface area (Å²) in [6.07, 6.45) is 7.61. The summed E-state index contributed by atoms with van der Waals surface area (Å²) in [5.74, 6) is 0.372. The summed E-state index contributed by atoms with van der Waals surface area (Å²) in [7, 11) is 1.77. The van der Waals surface area contributed by atoms with Crippen molar-refractivity contribution in [1.82, 2.24) is 4.90 Å². The first-order valence-electron chi connectivity index (χ1n) is 15.8. The highest BCUT2D eigenvalue weighted by atomic mass is 35.5. The number of anilines is 1. The third-order valence-corrected chi connectivity index (χ3v) is 9.23. The van der Waals surface area contributed by atoms with Crippen molar-refractivity contribution in [3.63, 3.8) is 0 Å². The number of rotatable bonds is 14. The van der Waals surface area contributed by atoms with E-state index in [4.69, 9.17) is 21.1 Å². The Morgan fingerprint density at radius 2 is 2.02 bits per heavy atom. The fourth-order valence-corrected chi connectivity index (χ4v) is 6.47. The topological polar surface area (TPSA) is 99.5 Å². The maximum Gasteiger partial charge on any atom is 0.329 e. The van der Waals surface area contributed by atoms with Gasteiger partial charge >= 0.3 is 5.97 Å². The lowest BCUT2D eigenvalue weighted by atomic mass is 9.70. The van der Waals surface area contributed by atoms with Crippen LogP contribution in [0.4, 0.5) is 5.69 Å². The number of ether oxygens (including phenoxy) is 2. The van der Waals surface area contributed by atoms with E-state index in [9.17, 15) is 19.8 Å². The van der Waals surface area contributed by atoms with Crippen molar-refractivity contribution < 1.29 is 29.3 Å². The number of carboxylic acids is 1. The van der Waals surface area contributed by atoms with Crippen LogP contribution in [-0.4, -0.2) is 73.0 Å². The number of carbonyl (C=O) groups is 2. The van der Waals surface area contributed by atoms with E-state index in [-0.39, 0.29) is 36.4 Å². The highest BCUT2D eigenvalue weighted by molar-refractivity contribution is 6.30. The van der Waals surface area contributed by atoms with Crippen molar-refractivity contribution in [1.29, 1.82) is 0 Å². The second-order valence-electron chi connectivity index (χ2n) is 12.2. The molecule has 0 radical (unpaired) electrons. The standard InChI is InChI=1S/C35H47ClN2O6/c1-5-8-26-17-29(36)12-14-30(26)28-20-38(32-18-25(23(2)39)11-15-34(32)43-21-28)19-27-10-13-31(27)33(44-22-35(41)42)9-6-7-16-37(4)24(3)40/h6,9,11-12,14-15,17-18,23,27-28,31,33,39H,5,7-8,10,13,16,19-22H2,1-4H3,(H,41,42)/b9-6+. The van der Waals surface area contributed by atoms with Crippen LogP contribution >= 0.6 is 11.6 Å². The number of benzene rings is 2. The fraction of sp³-hybridized carbons (Fsp3) is 0.543. The fourth-order valence-electron chi connectivity index (χ4n) is 6.27. The number of carboxylic acid groups (broad SMARTS) is 1. The van der Waals surface area contributed by atoms with E-state index in [1.54, 1.807) is 25.8 Å². The minimum absolute atomic E-state index is 0.00955. The molecule has 1 amide bonds. The lowest BCUT2D eigenvalue weighted by molar-refractivity contribution is -0.145. The summed E-state index contributed by atoms with van der Waals surface area (Å²) in [4.78, 5) is 27.0. The van der Waals surface area contributed by atoms with Crippen LogP contribution in [0.3, 0.4) is 0 Å². The van der Waals surface area contributed by atoms with Gasteiger partial charge in [0.05, 0.1) is 24.5 Å². The Bertz CT molecular complexity index is 1310. The van der Waals surface area contributed by atoms with Crippen LogP contribution in [0.2, 0.25) is 5.02 Å². The lowest BCUT2D eigenvalue weighted by Gasteiger charge is -2.44. The number of aliphatic hydroxyl groups excluding tert-OH is 1. The molecular formula is C35H47ClN2O6. The third kappa shape index (κ3) is 8.77. The summed E-state index contributed by atoms with van der Waals surface area (Å²) in [5.41, 5.74) is 4.29. The maximum atomic E-state index is 11.6. The zero-order valence-electron chi connectivity index (χ0n) is 26.4. The van der Waals surface area contributed by atoms with Crippen LogP contribution in [0.5, 0.6) is 5.75 Å². The van der Waals surface area contributed by atoms with Gasteiger partial charge in [-0.3, -0.25) is 4.79 Å². The van der Waals surface area contributed by atoms with Crippen LogP contribution in [0.1, 0.15) is 75.2 Å². The van der Waals surface area contributed by atoms with Gasteiger partial charge in [-0.15, -0.1) is 0 Å². The molecule has 0 saturated heterocycles. The monoisotopic (exact) mass is 626 g/mol. The zero-order chi connectivity index (χ0) is 31.8. The Morgan fingerprint density at radius 1 is 1.23 bits per heavy atom. The summed E-state index contributed by atoms with van der Waals surface area (Å²) in [6, 6.07) is 12.1. The molecule has 1 heterocycles. The molecular weight excluding hydrogens is 580 g/mol. The van der Waals surface area contributed by atoms with Gasteiger partial charge in [0.15, 0.2) is 0 Å². The molecule has 0 bridgehead atoms. The van der Waals surface area contributed by atoms with E-state index in [0.717, 1.165) is 60.8 Å². The number of fused-ring (bicyclic) bond motifs is 1. The molecule has 8 nitrogen and oxygen atoms in total. The Balaban J connectivity index is 1.59. The van der Waals surface area contributed by atoms with Crippen LogP contribution in [0, 0.1) is 11.8 Å². The van der Waals surface area contributed by atoms with Crippen LogP contribution in [0.25, 0.3) is 0 Å². The summed E-state index contributed by atoms with van der Waals surface area (Å²) in [5, 5.41) is 20.5. The molecule has 5 atom stereocenters. The molecule has 240 valence electrons. The third-order valence-electron chi connectivity index (χ3n) is 9.00. The molecule has 0 aromatic heterocycles. The van der Waals surface area contributed by atoms with Gasteiger partial charge in [-0.1, -0.05) is 49.2 Å². The zero-order valence-corrected chi connectivity index (χ0v) is 27.1. The molecule has 1 saturated carbocycles. The molecule has 5 unspecified atom stereocenters. The molecule has 2 N–H and O–H groups in total. The van der Waals surface area contributed by atoms with E-state index in [0.29, 0.717) is 19.6 Å². The van der Waals surface area contributed by atoms with Crippen molar-refractivity contribution in [2.24, 2.45) is 11.8 Å². The number of nitrogens with zero attached hydrogens (tertiary/aromatic N) is 2. The molecule has 0 spiro atoms. The maximum absolute atomic E-state index is 11.6. The van der Waals surface area contributed by atoms with Gasteiger partial charge in [-0.2, -0.15) is 0 Å². The molecule has 2 aliphatic rings. The number of amides is 1. The van der Waals surface area contributed by atoms with Gasteiger partial charge in [0, 0.05) is 44.5 Å². The predicted octanol–water partition coefficient (Wildman–Crippen LogP) is 6.25. The highest BCUT2D eigenvalue weighted by Gasteiger charge is 2.39. The van der Waals surface area contributed by atoms with Crippen molar-refractivity contribution in [3.8, 4) is 5.75 Å². The summed E-state index contributed by atoms with van der Waals surface area (Å²) in [6.45, 7) is 7.74. The number of aliphatic hydroxyl groups is 1. The molecule has 4 rings (SSSR count). The minimum atomic E-state index is -0.992. The largest absolute Gasteiger partial charge is 0.491 e. The lowest BCUT2D eigenvalue weighted by Crippen LogP contribution is -2.45. The number of carbonyl (C=O) groups excluding carboxylic acids is 1. The van der Waals surface area contributed by atoms with Gasteiger partial charge in [0.2, 0.25) is 5.91 Å². The van der Waals surface area contributed by atoms with Gasteiger partial charge < -0.3 is 29.5 Å². The van der Waals surface area contributed by atoms with E-state index in [2.05, 4.69) is 24.0 Å². The smallest absolute Gasteiger partial charge is 0.329 e. The highest BCUT2D eigenvalue weighted by Crippen LogP contribution is 2.43. The minimum Gasteiger partial charge on any atom is -0.491 e. The Morgan fingerprint density at radius 3 is 2.68 bits per heavy atom. The predicted molar refractivity (Wildman–Crippen MR) is 174 cm³/mol. The quantitative estimate of drug-likeness (QED) is 0.239. The average molecular weight is 627 g/mol. The first-order chi connectivity index (χ1) is 21.1. The first kappa shape index (κ1) is 33.8. The number of halogens is 1. The van der Waals surface area contributed by atoms with E-state index in [1.165, 1.54) is 11.1 Å². The SMILES string of the molecule is CCCc1cc(Cl)ccc1C1COc2ccc(C(C)O)cc2N(CC2CCC2C(/C=C/CCN(C)C(C)=O)OCC(=O)O)C1. The molecule has 9 heteroatoms. The molecule has 2 aromatic carbocycles. The van der Waals surface area contributed by atoms with Gasteiger partial charge in [-0.05, 0) is 85.4 Å². The number of hydrogen-bond acceptors (Lipinski definition) is 6. The van der Waals surface area contributed by atoms with Gasteiger partial charge in [-0.25, -0.2) is 4.79 Å². The number of aliphatic carboxylic acids is 1.